The zero-order chi connectivity index (χ0) is 24.9. The molecule has 0 radical (unpaired) electrons. The van der Waals surface area contributed by atoms with Crippen molar-refractivity contribution in [2.24, 2.45) is 0 Å². The van der Waals surface area contributed by atoms with Gasteiger partial charge in [-0.2, -0.15) is 0 Å². The molecule has 0 saturated carbocycles. The maximum atomic E-state index is 13.6. The van der Waals surface area contributed by atoms with Gasteiger partial charge in [-0.3, -0.25) is 19.3 Å². The lowest BCUT2D eigenvalue weighted by molar-refractivity contribution is -0.121. The van der Waals surface area contributed by atoms with Crippen molar-refractivity contribution < 1.29 is 19.1 Å². The van der Waals surface area contributed by atoms with Crippen molar-refractivity contribution in [3.63, 3.8) is 0 Å². The van der Waals surface area contributed by atoms with Gasteiger partial charge >= 0.3 is 0 Å². The SMILES string of the molecule is O=C1CC(c2ccccc2)N(C(=O)COc2ccccc2)c2ccc(C(=O)N3CCNCC3)cc2N1. The third-order valence-corrected chi connectivity index (χ3v) is 6.43. The number of carbonyl (C=O) groups is 3. The molecule has 1 unspecified atom stereocenters. The number of fused-ring (bicyclic) bond motifs is 1. The molecule has 3 aromatic rings. The molecule has 3 amide bonds. The number of hydrogen-bond donors (Lipinski definition) is 2. The lowest BCUT2D eigenvalue weighted by Crippen LogP contribution is -2.46. The Morgan fingerprint density at radius 1 is 0.917 bits per heavy atom. The molecule has 2 aliphatic rings. The molecular weight excluding hydrogens is 456 g/mol. The lowest BCUT2D eigenvalue weighted by Gasteiger charge is -2.31. The van der Waals surface area contributed by atoms with Gasteiger partial charge in [-0.05, 0) is 35.9 Å². The van der Waals surface area contributed by atoms with Crippen molar-refractivity contribution in [2.45, 2.75) is 12.5 Å². The van der Waals surface area contributed by atoms with E-state index in [0.29, 0.717) is 35.8 Å². The average Bonchev–Trinajstić information content (AvgIpc) is 3.08. The Bertz CT molecular complexity index is 1240. The maximum Gasteiger partial charge on any atom is 0.265 e. The highest BCUT2D eigenvalue weighted by Gasteiger charge is 2.34. The summed E-state index contributed by atoms with van der Waals surface area (Å²) in [5.41, 5.74) is 2.29. The van der Waals surface area contributed by atoms with E-state index in [9.17, 15) is 14.4 Å². The molecule has 2 heterocycles. The van der Waals surface area contributed by atoms with Gasteiger partial charge in [0.05, 0.1) is 23.8 Å². The molecule has 2 N–H and O–H groups in total. The fraction of sp³-hybridized carbons (Fsp3) is 0.250. The summed E-state index contributed by atoms with van der Waals surface area (Å²) in [6, 6.07) is 23.2. The second-order valence-electron chi connectivity index (χ2n) is 8.82. The molecular formula is C28H28N4O4. The number of rotatable bonds is 5. The van der Waals surface area contributed by atoms with E-state index in [4.69, 9.17) is 4.74 Å². The third-order valence-electron chi connectivity index (χ3n) is 6.43. The van der Waals surface area contributed by atoms with Crippen molar-refractivity contribution in [3.8, 4) is 5.75 Å². The van der Waals surface area contributed by atoms with Gasteiger partial charge in [-0.25, -0.2) is 0 Å². The van der Waals surface area contributed by atoms with Crippen molar-refractivity contribution in [1.82, 2.24) is 10.2 Å². The van der Waals surface area contributed by atoms with Crippen LogP contribution in [0.25, 0.3) is 0 Å². The van der Waals surface area contributed by atoms with Gasteiger partial charge in [0.1, 0.15) is 5.75 Å². The highest BCUT2D eigenvalue weighted by Crippen LogP contribution is 2.39. The zero-order valence-corrected chi connectivity index (χ0v) is 19.9. The monoisotopic (exact) mass is 484 g/mol. The first-order valence-electron chi connectivity index (χ1n) is 12.1. The maximum absolute atomic E-state index is 13.6. The Kier molecular flexibility index (Phi) is 6.95. The summed E-state index contributed by atoms with van der Waals surface area (Å²) in [5, 5.41) is 6.16. The predicted molar refractivity (Wildman–Crippen MR) is 137 cm³/mol. The first kappa shape index (κ1) is 23.6. The van der Waals surface area contributed by atoms with Crippen LogP contribution in [-0.4, -0.2) is 55.4 Å². The van der Waals surface area contributed by atoms with Crippen LogP contribution in [0.5, 0.6) is 5.75 Å². The Morgan fingerprint density at radius 2 is 1.61 bits per heavy atom. The summed E-state index contributed by atoms with van der Waals surface area (Å²) in [6.45, 7) is 2.55. The van der Waals surface area contributed by atoms with Gasteiger partial charge in [0.2, 0.25) is 5.91 Å². The van der Waals surface area contributed by atoms with Crippen molar-refractivity contribution in [2.75, 3.05) is 43.0 Å². The quantitative estimate of drug-likeness (QED) is 0.580. The number of ether oxygens (including phenoxy) is 1. The van der Waals surface area contributed by atoms with Crippen molar-refractivity contribution in [3.05, 3.63) is 90.0 Å². The van der Waals surface area contributed by atoms with Gasteiger partial charge in [0.25, 0.3) is 11.8 Å². The number of piperazine rings is 1. The van der Waals surface area contributed by atoms with Crippen LogP contribution >= 0.6 is 0 Å². The summed E-state index contributed by atoms with van der Waals surface area (Å²) >= 11 is 0. The molecule has 5 rings (SSSR count). The molecule has 1 fully saturated rings. The van der Waals surface area contributed by atoms with Crippen LogP contribution in [0.2, 0.25) is 0 Å². The molecule has 36 heavy (non-hydrogen) atoms. The molecule has 1 saturated heterocycles. The third kappa shape index (κ3) is 5.08. The normalized spacial score (nSPS) is 17.6. The smallest absolute Gasteiger partial charge is 0.265 e. The van der Waals surface area contributed by atoms with Crippen LogP contribution in [0.4, 0.5) is 11.4 Å². The molecule has 2 aliphatic heterocycles. The molecule has 3 aromatic carbocycles. The van der Waals surface area contributed by atoms with E-state index in [0.717, 1.165) is 18.7 Å². The lowest BCUT2D eigenvalue weighted by atomic mass is 10.0. The van der Waals surface area contributed by atoms with E-state index >= 15 is 0 Å². The van der Waals surface area contributed by atoms with Gasteiger partial charge < -0.3 is 20.3 Å². The number of nitrogens with one attached hydrogen (secondary N) is 2. The minimum atomic E-state index is -0.519. The second kappa shape index (κ2) is 10.6. The van der Waals surface area contributed by atoms with E-state index in [2.05, 4.69) is 10.6 Å². The van der Waals surface area contributed by atoms with Crippen LogP contribution in [0.1, 0.15) is 28.4 Å². The molecule has 184 valence electrons. The highest BCUT2D eigenvalue weighted by molar-refractivity contribution is 6.07. The van der Waals surface area contributed by atoms with E-state index < -0.39 is 6.04 Å². The molecule has 8 heteroatoms. The van der Waals surface area contributed by atoms with Crippen molar-refractivity contribution in [1.29, 1.82) is 0 Å². The standard InChI is InChI=1S/C28H28N4O4/c33-26-18-25(20-7-3-1-4-8-20)32(27(34)19-36-22-9-5-2-6-10-22)24-12-11-21(17-23(24)30-26)28(35)31-15-13-29-14-16-31/h1-12,17,25,29H,13-16,18-19H2,(H,30,33). The number of benzene rings is 3. The minimum absolute atomic E-state index is 0.0802. The fourth-order valence-electron chi connectivity index (χ4n) is 4.65. The van der Waals surface area contributed by atoms with Gasteiger partial charge in [0.15, 0.2) is 6.61 Å². The summed E-state index contributed by atoms with van der Waals surface area (Å²) < 4.78 is 5.77. The predicted octanol–water partition coefficient (Wildman–Crippen LogP) is 3.23. The van der Waals surface area contributed by atoms with E-state index in [-0.39, 0.29) is 30.7 Å². The minimum Gasteiger partial charge on any atom is -0.484 e. The van der Waals surface area contributed by atoms with Crippen LogP contribution in [0.3, 0.4) is 0 Å². The Balaban J connectivity index is 1.50. The summed E-state index contributed by atoms with van der Waals surface area (Å²) in [7, 11) is 0. The van der Waals surface area contributed by atoms with E-state index in [1.54, 1.807) is 40.1 Å². The van der Waals surface area contributed by atoms with Crippen LogP contribution in [0, 0.1) is 0 Å². The Hall–Kier alpha value is -4.17. The van der Waals surface area contributed by atoms with Gasteiger partial charge in [-0.1, -0.05) is 48.5 Å². The van der Waals surface area contributed by atoms with Gasteiger partial charge in [0, 0.05) is 31.7 Å². The largest absolute Gasteiger partial charge is 0.484 e. The molecule has 0 aromatic heterocycles. The zero-order valence-electron chi connectivity index (χ0n) is 19.9. The Morgan fingerprint density at radius 3 is 2.33 bits per heavy atom. The van der Waals surface area contributed by atoms with Crippen LogP contribution in [0.15, 0.2) is 78.9 Å². The highest BCUT2D eigenvalue weighted by atomic mass is 16.5. The Labute approximate surface area is 209 Å². The van der Waals surface area contributed by atoms with Crippen LogP contribution < -0.4 is 20.3 Å². The molecule has 8 nitrogen and oxygen atoms in total. The first-order valence-corrected chi connectivity index (χ1v) is 12.1. The summed E-state index contributed by atoms with van der Waals surface area (Å²) in [5.74, 6) is -0.0196. The number of carbonyl (C=O) groups excluding carboxylic acids is 3. The molecule has 1 atom stereocenters. The van der Waals surface area contributed by atoms with Gasteiger partial charge in [-0.15, -0.1) is 0 Å². The topological polar surface area (TPSA) is 91.0 Å². The molecule has 0 spiro atoms. The number of nitrogens with zero attached hydrogens (tertiary/aromatic N) is 2. The number of anilines is 2. The van der Waals surface area contributed by atoms with Crippen LogP contribution in [-0.2, 0) is 9.59 Å². The van der Waals surface area contributed by atoms with E-state index in [1.807, 2.05) is 48.5 Å². The first-order chi connectivity index (χ1) is 17.6. The second-order valence-corrected chi connectivity index (χ2v) is 8.82. The fourth-order valence-corrected chi connectivity index (χ4v) is 4.65. The summed E-state index contributed by atoms with van der Waals surface area (Å²) in [6.07, 6.45) is 0.0802. The summed E-state index contributed by atoms with van der Waals surface area (Å²) in [4.78, 5) is 43.1. The number of hydrogen-bond acceptors (Lipinski definition) is 5. The number of para-hydroxylation sites is 1. The average molecular weight is 485 g/mol. The van der Waals surface area contributed by atoms with Crippen molar-refractivity contribution >= 4 is 29.1 Å². The van der Waals surface area contributed by atoms with E-state index in [1.165, 1.54) is 0 Å². The molecule has 0 aliphatic carbocycles. The molecule has 0 bridgehead atoms. The number of amides is 3.